The van der Waals surface area contributed by atoms with Crippen molar-refractivity contribution in [2.75, 3.05) is 23.4 Å². The van der Waals surface area contributed by atoms with Crippen LogP contribution in [0.15, 0.2) is 35.7 Å². The van der Waals surface area contributed by atoms with Gasteiger partial charge in [0.2, 0.25) is 11.8 Å². The van der Waals surface area contributed by atoms with Crippen molar-refractivity contribution in [2.24, 2.45) is 11.3 Å². The van der Waals surface area contributed by atoms with Gasteiger partial charge in [0.1, 0.15) is 12.4 Å². The number of thiophene rings is 1. The van der Waals surface area contributed by atoms with Gasteiger partial charge < -0.3 is 15.0 Å². The number of benzene rings is 1. The minimum atomic E-state index is -0.603. The molecule has 1 aromatic heterocycles. The fourth-order valence-electron chi connectivity index (χ4n) is 3.78. The van der Waals surface area contributed by atoms with Crippen molar-refractivity contribution >= 4 is 34.5 Å². The van der Waals surface area contributed by atoms with Crippen molar-refractivity contribution in [1.29, 1.82) is 0 Å². The molecule has 4 rings (SSSR count). The first-order valence-electron chi connectivity index (χ1n) is 10.2. The van der Waals surface area contributed by atoms with E-state index in [-0.39, 0.29) is 11.8 Å². The average Bonchev–Trinajstić information content (AvgIpc) is 3.32. The first-order valence-corrected chi connectivity index (χ1v) is 11.1. The number of hydrogen-bond acceptors (Lipinski definition) is 4. The van der Waals surface area contributed by atoms with E-state index in [2.05, 4.69) is 19.2 Å². The van der Waals surface area contributed by atoms with Crippen LogP contribution < -0.4 is 15.0 Å². The van der Waals surface area contributed by atoms with Crippen LogP contribution in [0, 0.1) is 11.3 Å². The molecule has 6 heteroatoms. The summed E-state index contributed by atoms with van der Waals surface area (Å²) in [4.78, 5) is 29.2. The Hall–Kier alpha value is -2.34. The second-order valence-electron chi connectivity index (χ2n) is 9.18. The predicted molar refractivity (Wildman–Crippen MR) is 117 cm³/mol. The summed E-state index contributed by atoms with van der Waals surface area (Å²) < 4.78 is 5.97. The van der Waals surface area contributed by atoms with Gasteiger partial charge in [0, 0.05) is 17.1 Å². The van der Waals surface area contributed by atoms with E-state index in [1.807, 2.05) is 54.5 Å². The Morgan fingerprint density at radius 2 is 2.03 bits per heavy atom. The second kappa shape index (κ2) is 7.17. The van der Waals surface area contributed by atoms with E-state index in [9.17, 15) is 9.59 Å². The molecule has 5 nitrogen and oxygen atoms in total. The third-order valence-electron chi connectivity index (χ3n) is 5.65. The molecule has 0 atom stereocenters. The molecule has 0 bridgehead atoms. The van der Waals surface area contributed by atoms with Crippen molar-refractivity contribution in [3.63, 3.8) is 0 Å². The quantitative estimate of drug-likeness (QED) is 0.765. The van der Waals surface area contributed by atoms with Gasteiger partial charge in [-0.25, -0.2) is 0 Å². The van der Waals surface area contributed by atoms with Crippen LogP contribution in [0.3, 0.4) is 0 Å². The lowest BCUT2D eigenvalue weighted by Gasteiger charge is -2.29. The monoisotopic (exact) mass is 412 g/mol. The number of carbonyl (C=O) groups excluding carboxylic acids is 2. The summed E-state index contributed by atoms with van der Waals surface area (Å²) in [5.41, 5.74) is 0.427. The molecule has 2 aliphatic rings. The number of rotatable bonds is 5. The lowest BCUT2D eigenvalue weighted by atomic mass is 9.92. The summed E-state index contributed by atoms with van der Waals surface area (Å²) in [5, 5.41) is 5.10. The van der Waals surface area contributed by atoms with Gasteiger partial charge in [-0.05, 0) is 62.3 Å². The Morgan fingerprint density at radius 3 is 2.66 bits per heavy atom. The fourth-order valence-corrected chi connectivity index (χ4v) is 4.76. The lowest BCUT2D eigenvalue weighted by molar-refractivity contribution is -0.127. The smallest absolute Gasteiger partial charge is 0.236 e. The summed E-state index contributed by atoms with van der Waals surface area (Å²) in [5.74, 6) is 1.07. The van der Waals surface area contributed by atoms with Gasteiger partial charge in [0.15, 0.2) is 0 Å². The molecule has 2 heterocycles. The number of amides is 2. The third kappa shape index (κ3) is 3.66. The normalized spacial score (nSPS) is 19.3. The minimum absolute atomic E-state index is 0.0245. The molecule has 0 spiro atoms. The van der Waals surface area contributed by atoms with Crippen LogP contribution in [0.5, 0.6) is 5.75 Å². The van der Waals surface area contributed by atoms with E-state index in [1.54, 1.807) is 11.3 Å². The van der Waals surface area contributed by atoms with E-state index in [1.165, 1.54) is 0 Å². The molecule has 0 saturated heterocycles. The summed E-state index contributed by atoms with van der Waals surface area (Å²) in [6.45, 7) is 8.95. The van der Waals surface area contributed by atoms with Crippen LogP contribution in [0.4, 0.5) is 11.4 Å². The Bertz CT molecular complexity index is 930. The number of anilines is 2. The molecule has 29 heavy (non-hydrogen) atoms. The molecule has 1 N–H and O–H groups in total. The van der Waals surface area contributed by atoms with Gasteiger partial charge in [-0.15, -0.1) is 11.3 Å². The molecule has 1 fully saturated rings. The Balaban J connectivity index is 1.64. The van der Waals surface area contributed by atoms with E-state index in [4.69, 9.17) is 4.74 Å². The highest BCUT2D eigenvalue weighted by molar-refractivity contribution is 7.10. The number of ether oxygens (including phenoxy) is 1. The Labute approximate surface area is 176 Å². The lowest BCUT2D eigenvalue weighted by Crippen LogP contribution is -2.43. The van der Waals surface area contributed by atoms with Gasteiger partial charge in [-0.3, -0.25) is 9.59 Å². The predicted octanol–water partition coefficient (Wildman–Crippen LogP) is 4.83. The molecule has 1 saturated carbocycles. The zero-order chi connectivity index (χ0) is 20.8. The Morgan fingerprint density at radius 1 is 1.28 bits per heavy atom. The summed E-state index contributed by atoms with van der Waals surface area (Å²) in [6, 6.07) is 9.62. The number of nitrogens with zero attached hydrogens (tertiary/aromatic N) is 1. The highest BCUT2D eigenvalue weighted by atomic mass is 32.1. The largest absolute Gasteiger partial charge is 0.490 e. The van der Waals surface area contributed by atoms with Crippen LogP contribution in [0.1, 0.15) is 45.4 Å². The van der Waals surface area contributed by atoms with E-state index in [0.717, 1.165) is 23.4 Å². The number of carbonyl (C=O) groups is 2. The van der Waals surface area contributed by atoms with Crippen molar-refractivity contribution in [3.05, 3.63) is 40.6 Å². The van der Waals surface area contributed by atoms with Crippen LogP contribution >= 0.6 is 11.3 Å². The van der Waals surface area contributed by atoms with E-state index >= 15 is 0 Å². The minimum Gasteiger partial charge on any atom is -0.490 e. The maximum atomic E-state index is 13.2. The average molecular weight is 413 g/mol. The van der Waals surface area contributed by atoms with Crippen LogP contribution in [0.25, 0.3) is 0 Å². The van der Waals surface area contributed by atoms with Crippen LogP contribution in [-0.2, 0) is 15.0 Å². The third-order valence-corrected chi connectivity index (χ3v) is 6.72. The molecule has 1 aliphatic carbocycles. The van der Waals surface area contributed by atoms with Crippen LogP contribution in [0.2, 0.25) is 0 Å². The van der Waals surface area contributed by atoms with Crippen LogP contribution in [-0.4, -0.2) is 25.0 Å². The van der Waals surface area contributed by atoms with Crippen molar-refractivity contribution < 1.29 is 14.3 Å². The highest BCUT2D eigenvalue weighted by Crippen LogP contribution is 2.51. The summed E-state index contributed by atoms with van der Waals surface area (Å²) >= 11 is 1.63. The number of fused-ring (bicyclic) bond motifs is 1. The molecule has 154 valence electrons. The van der Waals surface area contributed by atoms with Gasteiger partial charge in [-0.1, -0.05) is 19.9 Å². The molecular formula is C23H28N2O3S. The maximum Gasteiger partial charge on any atom is 0.236 e. The van der Waals surface area contributed by atoms with Gasteiger partial charge in [0.05, 0.1) is 16.5 Å². The number of hydrogen-bond donors (Lipinski definition) is 1. The van der Waals surface area contributed by atoms with Gasteiger partial charge in [0.25, 0.3) is 0 Å². The molecule has 0 radical (unpaired) electrons. The van der Waals surface area contributed by atoms with E-state index < -0.39 is 10.8 Å². The van der Waals surface area contributed by atoms with Gasteiger partial charge in [-0.2, -0.15) is 0 Å². The highest BCUT2D eigenvalue weighted by Gasteiger charge is 2.52. The first kappa shape index (κ1) is 20.0. The molecule has 1 aromatic carbocycles. The summed E-state index contributed by atoms with van der Waals surface area (Å²) in [7, 11) is 0. The molecule has 2 aromatic rings. The van der Waals surface area contributed by atoms with E-state index in [0.29, 0.717) is 30.5 Å². The van der Waals surface area contributed by atoms with Crippen molar-refractivity contribution in [1.82, 2.24) is 0 Å². The second-order valence-corrected chi connectivity index (χ2v) is 10.1. The zero-order valence-corrected chi connectivity index (χ0v) is 18.3. The number of nitrogens with one attached hydrogen (secondary N) is 1. The maximum absolute atomic E-state index is 13.2. The zero-order valence-electron chi connectivity index (χ0n) is 17.5. The van der Waals surface area contributed by atoms with Gasteiger partial charge >= 0.3 is 0 Å². The molecule has 2 amide bonds. The first-order chi connectivity index (χ1) is 13.7. The molecular weight excluding hydrogens is 384 g/mol. The standard InChI is InChI=1S/C23H28N2O3S/c1-15(2)13-25-17-12-16(7-8-18(17)28-14-22(3,4)21(25)27)24-20(26)23(9-10-23)19-6-5-11-29-19/h5-8,11-12,15H,9-10,13-14H2,1-4H3,(H,24,26). The molecule has 1 aliphatic heterocycles. The fraction of sp³-hybridized carbons (Fsp3) is 0.478. The SMILES string of the molecule is CC(C)CN1C(=O)C(C)(C)COc2ccc(NC(=O)C3(c4cccs4)CC3)cc21. The topological polar surface area (TPSA) is 58.6 Å². The van der Waals surface area contributed by atoms with Crippen molar-refractivity contribution in [2.45, 2.75) is 46.0 Å². The molecule has 0 unspecified atom stereocenters. The van der Waals surface area contributed by atoms with Crippen molar-refractivity contribution in [3.8, 4) is 5.75 Å². The summed E-state index contributed by atoms with van der Waals surface area (Å²) in [6.07, 6.45) is 1.75. The Kier molecular flexibility index (Phi) is 4.93.